The molecule has 110 valence electrons. The van der Waals surface area contributed by atoms with E-state index in [-0.39, 0.29) is 12.2 Å². The molecule has 0 heterocycles. The minimum absolute atomic E-state index is 0.0177. The van der Waals surface area contributed by atoms with E-state index in [0.29, 0.717) is 10.4 Å². The van der Waals surface area contributed by atoms with E-state index in [1.165, 1.54) is 12.1 Å². The number of hydrogen-bond donors (Lipinski definition) is 2. The van der Waals surface area contributed by atoms with Gasteiger partial charge in [-0.3, -0.25) is 4.79 Å². The molecule has 2 rings (SSSR count). The lowest BCUT2D eigenvalue weighted by atomic mass is 10.1. The third kappa shape index (κ3) is 4.49. The van der Waals surface area contributed by atoms with Gasteiger partial charge in [0.05, 0.1) is 17.8 Å². The average Bonchev–Trinajstić information content (AvgIpc) is 3.14. The van der Waals surface area contributed by atoms with Crippen molar-refractivity contribution >= 4 is 27.5 Å². The lowest BCUT2D eigenvalue weighted by Gasteiger charge is -2.14. The molecule has 0 atom stereocenters. The summed E-state index contributed by atoms with van der Waals surface area (Å²) in [7, 11) is 0. The van der Waals surface area contributed by atoms with E-state index in [1.807, 2.05) is 0 Å². The maximum Gasteiger partial charge on any atom is 0.418 e. The van der Waals surface area contributed by atoms with Crippen LogP contribution in [0.3, 0.4) is 0 Å². The van der Waals surface area contributed by atoms with E-state index >= 15 is 0 Å². The molecule has 2 N–H and O–H groups in total. The number of carbonyl (C=O) groups excluding carboxylic acids is 1. The third-order valence-corrected chi connectivity index (χ3v) is 3.47. The second-order valence-corrected chi connectivity index (χ2v) is 5.73. The Morgan fingerprint density at radius 2 is 2.05 bits per heavy atom. The number of rotatable bonds is 5. The molecule has 1 saturated carbocycles. The smallest absolute Gasteiger partial charge is 0.324 e. The van der Waals surface area contributed by atoms with Crippen LogP contribution in [0.1, 0.15) is 18.4 Å². The second kappa shape index (κ2) is 6.13. The molecular weight excluding hydrogens is 337 g/mol. The normalized spacial score (nSPS) is 15.2. The predicted octanol–water partition coefficient (Wildman–Crippen LogP) is 3.41. The molecule has 0 aliphatic heterocycles. The fraction of sp³-hybridized carbons (Fsp3) is 0.462. The van der Waals surface area contributed by atoms with Gasteiger partial charge in [0.15, 0.2) is 0 Å². The van der Waals surface area contributed by atoms with Gasteiger partial charge in [-0.25, -0.2) is 0 Å². The number of nitrogens with one attached hydrogen (secondary N) is 2. The molecule has 1 aliphatic carbocycles. The average molecular weight is 351 g/mol. The molecule has 0 aromatic heterocycles. The van der Waals surface area contributed by atoms with Gasteiger partial charge in [-0.1, -0.05) is 15.9 Å². The summed E-state index contributed by atoms with van der Waals surface area (Å²) in [5.74, 6) is 0.139. The second-order valence-electron chi connectivity index (χ2n) is 4.81. The van der Waals surface area contributed by atoms with Crippen LogP contribution in [0.5, 0.6) is 0 Å². The van der Waals surface area contributed by atoms with Crippen LogP contribution in [0.2, 0.25) is 0 Å². The topological polar surface area (TPSA) is 41.1 Å². The molecule has 0 bridgehead atoms. The van der Waals surface area contributed by atoms with Gasteiger partial charge < -0.3 is 10.6 Å². The van der Waals surface area contributed by atoms with Crippen molar-refractivity contribution in [2.24, 2.45) is 5.92 Å². The molecule has 0 unspecified atom stereocenters. The van der Waals surface area contributed by atoms with Crippen LogP contribution in [0.25, 0.3) is 0 Å². The first-order valence-corrected chi connectivity index (χ1v) is 7.03. The Morgan fingerprint density at radius 3 is 2.65 bits per heavy atom. The Kier molecular flexibility index (Phi) is 4.70. The molecule has 1 amide bonds. The molecule has 0 radical (unpaired) electrons. The van der Waals surface area contributed by atoms with Gasteiger partial charge >= 0.3 is 6.18 Å². The summed E-state index contributed by atoms with van der Waals surface area (Å²) in [5.41, 5.74) is -1.08. The van der Waals surface area contributed by atoms with Gasteiger partial charge in [0.1, 0.15) is 0 Å². The molecule has 7 heteroatoms. The van der Waals surface area contributed by atoms with Crippen molar-refractivity contribution in [3.05, 3.63) is 28.2 Å². The Morgan fingerprint density at radius 1 is 1.35 bits per heavy atom. The molecule has 1 aliphatic rings. The molecule has 3 nitrogen and oxygen atoms in total. The maximum absolute atomic E-state index is 12.9. The van der Waals surface area contributed by atoms with Crippen molar-refractivity contribution in [3.8, 4) is 0 Å². The summed E-state index contributed by atoms with van der Waals surface area (Å²) in [4.78, 5) is 11.6. The van der Waals surface area contributed by atoms with E-state index in [2.05, 4.69) is 26.6 Å². The highest BCUT2D eigenvalue weighted by Gasteiger charge is 2.34. The molecule has 1 fully saturated rings. The first-order chi connectivity index (χ1) is 9.36. The van der Waals surface area contributed by atoms with Crippen LogP contribution in [0.4, 0.5) is 18.9 Å². The first kappa shape index (κ1) is 15.3. The van der Waals surface area contributed by atoms with Gasteiger partial charge in [0.25, 0.3) is 0 Å². The molecule has 0 spiro atoms. The van der Waals surface area contributed by atoms with E-state index in [9.17, 15) is 18.0 Å². The van der Waals surface area contributed by atoms with Gasteiger partial charge in [-0.15, -0.1) is 0 Å². The Labute approximate surface area is 123 Å². The van der Waals surface area contributed by atoms with Crippen molar-refractivity contribution in [2.45, 2.75) is 19.0 Å². The monoisotopic (exact) mass is 350 g/mol. The van der Waals surface area contributed by atoms with Crippen LogP contribution in [-0.2, 0) is 11.0 Å². The van der Waals surface area contributed by atoms with Gasteiger partial charge in [-0.05, 0) is 43.5 Å². The molecule has 1 aromatic rings. The van der Waals surface area contributed by atoms with Gasteiger partial charge in [-0.2, -0.15) is 13.2 Å². The zero-order valence-corrected chi connectivity index (χ0v) is 12.1. The quantitative estimate of drug-likeness (QED) is 0.854. The van der Waals surface area contributed by atoms with Crippen molar-refractivity contribution in [1.82, 2.24) is 5.32 Å². The number of halogens is 4. The lowest BCUT2D eigenvalue weighted by Crippen LogP contribution is -2.30. The molecule has 20 heavy (non-hydrogen) atoms. The largest absolute Gasteiger partial charge is 0.418 e. The van der Waals surface area contributed by atoms with Crippen molar-refractivity contribution in [3.63, 3.8) is 0 Å². The summed E-state index contributed by atoms with van der Waals surface area (Å²) in [6.07, 6.45) is -2.20. The van der Waals surface area contributed by atoms with Gasteiger partial charge in [0.2, 0.25) is 5.91 Å². The van der Waals surface area contributed by atoms with Crippen LogP contribution in [0.15, 0.2) is 22.7 Å². The fourth-order valence-corrected chi connectivity index (χ4v) is 2.13. The summed E-state index contributed by atoms with van der Waals surface area (Å²) < 4.78 is 38.9. The Balaban J connectivity index is 1.98. The van der Waals surface area contributed by atoms with Crippen LogP contribution in [-0.4, -0.2) is 19.0 Å². The number of alkyl halides is 3. The third-order valence-electron chi connectivity index (χ3n) is 2.98. The minimum Gasteiger partial charge on any atom is -0.324 e. The molecule has 1 aromatic carbocycles. The summed E-state index contributed by atoms with van der Waals surface area (Å²) in [5, 5.41) is 5.23. The number of benzene rings is 1. The summed E-state index contributed by atoms with van der Waals surface area (Å²) >= 11 is 2.99. The number of amides is 1. The van der Waals surface area contributed by atoms with Crippen LogP contribution >= 0.6 is 15.9 Å². The molecule has 0 saturated heterocycles. The van der Waals surface area contributed by atoms with E-state index < -0.39 is 17.6 Å². The Bertz CT molecular complexity index is 501. The SMILES string of the molecule is O=C(CNCC1CC1)Nc1ccc(Br)cc1C(F)(F)F. The summed E-state index contributed by atoms with van der Waals surface area (Å²) in [6.45, 7) is 0.754. The van der Waals surface area contributed by atoms with E-state index in [1.54, 1.807) is 0 Å². The number of hydrogen-bond acceptors (Lipinski definition) is 2. The van der Waals surface area contributed by atoms with Crippen LogP contribution < -0.4 is 10.6 Å². The number of anilines is 1. The van der Waals surface area contributed by atoms with E-state index in [0.717, 1.165) is 25.5 Å². The fourth-order valence-electron chi connectivity index (χ4n) is 1.77. The first-order valence-electron chi connectivity index (χ1n) is 6.23. The predicted molar refractivity (Wildman–Crippen MR) is 73.4 cm³/mol. The highest BCUT2D eigenvalue weighted by atomic mass is 79.9. The highest BCUT2D eigenvalue weighted by molar-refractivity contribution is 9.10. The summed E-state index contributed by atoms with van der Waals surface area (Å²) in [6, 6.07) is 3.65. The zero-order chi connectivity index (χ0) is 14.8. The van der Waals surface area contributed by atoms with E-state index in [4.69, 9.17) is 0 Å². The standard InChI is InChI=1S/C13H14BrF3N2O/c14-9-3-4-11(10(5-9)13(15,16)17)19-12(20)7-18-6-8-1-2-8/h3-5,8,18H,1-2,6-7H2,(H,19,20). The van der Waals surface area contributed by atoms with Gasteiger partial charge in [0, 0.05) is 4.47 Å². The van der Waals surface area contributed by atoms with Crippen LogP contribution in [0, 0.1) is 5.92 Å². The van der Waals surface area contributed by atoms with Crippen molar-refractivity contribution in [2.75, 3.05) is 18.4 Å². The lowest BCUT2D eigenvalue weighted by molar-refractivity contribution is -0.137. The highest BCUT2D eigenvalue weighted by Crippen LogP contribution is 2.36. The maximum atomic E-state index is 12.9. The minimum atomic E-state index is -4.51. The van der Waals surface area contributed by atoms with Crippen molar-refractivity contribution < 1.29 is 18.0 Å². The number of carbonyl (C=O) groups is 1. The molecular formula is C13H14BrF3N2O. The zero-order valence-electron chi connectivity index (χ0n) is 10.6. The Hall–Kier alpha value is -1.08. The van der Waals surface area contributed by atoms with Crippen molar-refractivity contribution in [1.29, 1.82) is 0 Å².